The van der Waals surface area contributed by atoms with Gasteiger partial charge in [0.2, 0.25) is 0 Å². The Morgan fingerprint density at radius 2 is 2.00 bits per heavy atom. The minimum Gasteiger partial charge on any atom is -0.311 e. The Labute approximate surface area is 125 Å². The molecule has 2 unspecified atom stereocenters. The molecule has 0 amide bonds. The second-order valence-corrected chi connectivity index (χ2v) is 6.76. The molecule has 1 fully saturated rings. The Morgan fingerprint density at radius 3 is 2.58 bits per heavy atom. The lowest BCUT2D eigenvalue weighted by Gasteiger charge is -2.48. The van der Waals surface area contributed by atoms with Gasteiger partial charge in [0.1, 0.15) is 0 Å². The van der Waals surface area contributed by atoms with Crippen LogP contribution in [0.25, 0.3) is 0 Å². The molecule has 1 saturated heterocycles. The first kappa shape index (κ1) is 15.0. The van der Waals surface area contributed by atoms with Crippen molar-refractivity contribution in [2.45, 2.75) is 51.7 Å². The molecule has 0 bridgehead atoms. The van der Waals surface area contributed by atoms with E-state index >= 15 is 0 Å². The number of benzene rings is 1. The normalized spacial score (nSPS) is 28.5. The number of hydrogen-bond acceptors (Lipinski definition) is 2. The van der Waals surface area contributed by atoms with E-state index in [0.717, 1.165) is 24.1 Å². The molecule has 1 aliphatic rings. The van der Waals surface area contributed by atoms with Crippen LogP contribution < -0.4 is 5.32 Å². The van der Waals surface area contributed by atoms with Crippen LogP contribution in [-0.2, 0) is 6.54 Å². The van der Waals surface area contributed by atoms with Crippen LogP contribution in [0.3, 0.4) is 0 Å². The molecule has 0 aliphatic carbocycles. The molecular weight excluding hydrogens is 300 g/mol. The predicted octanol–water partition coefficient (Wildman–Crippen LogP) is 3.80. The van der Waals surface area contributed by atoms with Gasteiger partial charge in [0.15, 0.2) is 0 Å². The van der Waals surface area contributed by atoms with E-state index in [-0.39, 0.29) is 5.54 Å². The zero-order valence-corrected chi connectivity index (χ0v) is 13.8. The third-order valence-electron chi connectivity index (χ3n) is 4.52. The molecule has 1 aromatic carbocycles. The second kappa shape index (κ2) is 6.38. The van der Waals surface area contributed by atoms with E-state index in [1.54, 1.807) is 0 Å². The number of halogens is 1. The molecule has 0 saturated carbocycles. The molecular formula is C16H25BrN2. The molecule has 1 aromatic rings. The summed E-state index contributed by atoms with van der Waals surface area (Å²) in [5.74, 6) is 0. The van der Waals surface area contributed by atoms with Gasteiger partial charge in [-0.1, -0.05) is 41.9 Å². The summed E-state index contributed by atoms with van der Waals surface area (Å²) < 4.78 is 1.15. The quantitative estimate of drug-likeness (QED) is 0.906. The number of rotatable bonds is 4. The van der Waals surface area contributed by atoms with Gasteiger partial charge >= 0.3 is 0 Å². The average Bonchev–Trinajstić information content (AvgIpc) is 2.43. The van der Waals surface area contributed by atoms with Crippen molar-refractivity contribution in [1.82, 2.24) is 10.2 Å². The summed E-state index contributed by atoms with van der Waals surface area (Å²) in [6.07, 6.45) is 2.39. The Morgan fingerprint density at radius 1 is 1.32 bits per heavy atom. The molecule has 2 rings (SSSR count). The van der Waals surface area contributed by atoms with Gasteiger partial charge in [0, 0.05) is 35.7 Å². The molecule has 0 spiro atoms. The molecule has 1 heterocycles. The van der Waals surface area contributed by atoms with Crippen LogP contribution >= 0.6 is 15.9 Å². The van der Waals surface area contributed by atoms with Crippen LogP contribution in [0, 0.1) is 0 Å². The highest BCUT2D eigenvalue weighted by atomic mass is 79.9. The first-order valence-corrected chi connectivity index (χ1v) is 8.09. The number of nitrogens with zero attached hydrogens (tertiary/aromatic N) is 1. The van der Waals surface area contributed by atoms with Crippen molar-refractivity contribution in [2.75, 3.05) is 13.1 Å². The number of piperazine rings is 1. The monoisotopic (exact) mass is 324 g/mol. The molecule has 3 heteroatoms. The van der Waals surface area contributed by atoms with Gasteiger partial charge in [-0.05, 0) is 37.5 Å². The predicted molar refractivity (Wildman–Crippen MR) is 85.3 cm³/mol. The number of nitrogens with one attached hydrogen (secondary N) is 1. The van der Waals surface area contributed by atoms with Gasteiger partial charge in [-0.15, -0.1) is 0 Å². The highest BCUT2D eigenvalue weighted by Crippen LogP contribution is 2.26. The van der Waals surface area contributed by atoms with Crippen LogP contribution in [0.2, 0.25) is 0 Å². The van der Waals surface area contributed by atoms with Crippen LogP contribution in [0.15, 0.2) is 28.7 Å². The highest BCUT2D eigenvalue weighted by molar-refractivity contribution is 9.10. The zero-order valence-electron chi connectivity index (χ0n) is 12.2. The molecule has 1 N–H and O–H groups in total. The van der Waals surface area contributed by atoms with Crippen LogP contribution in [-0.4, -0.2) is 29.6 Å². The Kier molecular flexibility index (Phi) is 5.04. The van der Waals surface area contributed by atoms with Crippen molar-refractivity contribution in [1.29, 1.82) is 0 Å². The van der Waals surface area contributed by atoms with E-state index in [0.29, 0.717) is 6.04 Å². The van der Waals surface area contributed by atoms with Gasteiger partial charge in [0.25, 0.3) is 0 Å². The van der Waals surface area contributed by atoms with E-state index in [4.69, 9.17) is 0 Å². The van der Waals surface area contributed by atoms with Gasteiger partial charge in [0.05, 0.1) is 0 Å². The molecule has 2 nitrogen and oxygen atoms in total. The number of hydrogen-bond donors (Lipinski definition) is 1. The lowest BCUT2D eigenvalue weighted by molar-refractivity contribution is 0.0408. The minimum atomic E-state index is 0.277. The topological polar surface area (TPSA) is 15.3 Å². The molecule has 106 valence electrons. The van der Waals surface area contributed by atoms with Gasteiger partial charge < -0.3 is 5.32 Å². The van der Waals surface area contributed by atoms with E-state index in [9.17, 15) is 0 Å². The first-order chi connectivity index (χ1) is 9.07. The van der Waals surface area contributed by atoms with Gasteiger partial charge in [-0.25, -0.2) is 0 Å². The molecule has 1 aliphatic heterocycles. The summed E-state index contributed by atoms with van der Waals surface area (Å²) in [7, 11) is 0. The smallest absolute Gasteiger partial charge is 0.0307 e. The Hall–Kier alpha value is -0.380. The summed E-state index contributed by atoms with van der Waals surface area (Å²) in [6.45, 7) is 10.2. The van der Waals surface area contributed by atoms with E-state index in [2.05, 4.69) is 71.2 Å². The standard InChI is InChI=1S/C16H25BrN2/c1-4-15-11-19(16(3,5-2)12-18-15)10-13-6-8-14(17)9-7-13/h6-9,15,18H,4-5,10-12H2,1-3H3. The summed E-state index contributed by atoms with van der Waals surface area (Å²) in [4.78, 5) is 2.65. The van der Waals surface area contributed by atoms with E-state index < -0.39 is 0 Å². The SMILES string of the molecule is CCC1CN(Cc2ccc(Br)cc2)C(C)(CC)CN1. The molecule has 2 atom stereocenters. The fraction of sp³-hybridized carbons (Fsp3) is 0.625. The molecule has 0 radical (unpaired) electrons. The first-order valence-electron chi connectivity index (χ1n) is 7.30. The van der Waals surface area contributed by atoms with Crippen molar-refractivity contribution in [3.8, 4) is 0 Å². The third-order valence-corrected chi connectivity index (χ3v) is 5.05. The zero-order chi connectivity index (χ0) is 13.9. The summed E-state index contributed by atoms with van der Waals surface area (Å²) in [5.41, 5.74) is 1.68. The maximum absolute atomic E-state index is 3.69. The highest BCUT2D eigenvalue weighted by Gasteiger charge is 2.35. The Bertz CT molecular complexity index is 404. The lowest BCUT2D eigenvalue weighted by Crippen LogP contribution is -2.62. The second-order valence-electron chi connectivity index (χ2n) is 5.84. The maximum atomic E-state index is 3.69. The lowest BCUT2D eigenvalue weighted by atomic mass is 9.91. The molecule has 19 heavy (non-hydrogen) atoms. The van der Waals surface area contributed by atoms with Crippen LogP contribution in [0.4, 0.5) is 0 Å². The van der Waals surface area contributed by atoms with Crippen molar-refractivity contribution in [3.63, 3.8) is 0 Å². The Balaban J connectivity index is 2.11. The van der Waals surface area contributed by atoms with Gasteiger partial charge in [-0.3, -0.25) is 4.90 Å². The van der Waals surface area contributed by atoms with Crippen molar-refractivity contribution < 1.29 is 0 Å². The fourth-order valence-corrected chi connectivity index (χ4v) is 2.98. The van der Waals surface area contributed by atoms with E-state index in [1.165, 1.54) is 18.4 Å². The van der Waals surface area contributed by atoms with Crippen molar-refractivity contribution in [3.05, 3.63) is 34.3 Å². The van der Waals surface area contributed by atoms with Crippen LogP contribution in [0.1, 0.15) is 39.2 Å². The minimum absolute atomic E-state index is 0.277. The largest absolute Gasteiger partial charge is 0.311 e. The van der Waals surface area contributed by atoms with Gasteiger partial charge in [-0.2, -0.15) is 0 Å². The fourth-order valence-electron chi connectivity index (χ4n) is 2.71. The van der Waals surface area contributed by atoms with Crippen molar-refractivity contribution in [2.24, 2.45) is 0 Å². The maximum Gasteiger partial charge on any atom is 0.0307 e. The average molecular weight is 325 g/mol. The van der Waals surface area contributed by atoms with Crippen molar-refractivity contribution >= 4 is 15.9 Å². The summed E-state index contributed by atoms with van der Waals surface area (Å²) in [6, 6.07) is 9.36. The molecule has 0 aromatic heterocycles. The third kappa shape index (κ3) is 3.59. The van der Waals surface area contributed by atoms with E-state index in [1.807, 2.05) is 0 Å². The summed E-state index contributed by atoms with van der Waals surface area (Å²) >= 11 is 3.50. The van der Waals surface area contributed by atoms with Crippen LogP contribution in [0.5, 0.6) is 0 Å². The summed E-state index contributed by atoms with van der Waals surface area (Å²) in [5, 5.41) is 3.69.